The zero-order valence-corrected chi connectivity index (χ0v) is 15.8. The van der Waals surface area contributed by atoms with Crippen molar-refractivity contribution in [2.45, 2.75) is 0 Å². The van der Waals surface area contributed by atoms with E-state index in [1.165, 1.54) is 0 Å². The molecule has 0 aliphatic carbocycles. The van der Waals surface area contributed by atoms with Crippen LogP contribution in [0.2, 0.25) is 0 Å². The Kier molecular flexibility index (Phi) is 4.77. The van der Waals surface area contributed by atoms with Crippen molar-refractivity contribution < 1.29 is 9.53 Å². The summed E-state index contributed by atoms with van der Waals surface area (Å²) in [5.74, 6) is -0.0976. The highest BCUT2D eigenvalue weighted by atomic mass is 16.6. The van der Waals surface area contributed by atoms with Gasteiger partial charge >= 0.3 is 5.97 Å². The van der Waals surface area contributed by atoms with Gasteiger partial charge in [0.05, 0.1) is 0 Å². The normalized spacial score (nSPS) is 14.7. The van der Waals surface area contributed by atoms with Crippen LogP contribution in [-0.2, 0) is 9.53 Å². The largest absolute Gasteiger partial charge is 0.402 e. The number of carbonyl (C=O) groups excluding carboxylic acids is 1. The Morgan fingerprint density at radius 1 is 0.786 bits per heavy atom. The molecule has 3 aromatic rings. The van der Waals surface area contributed by atoms with Crippen molar-refractivity contribution in [1.82, 2.24) is 0 Å². The van der Waals surface area contributed by atoms with Crippen LogP contribution in [0.5, 0.6) is 0 Å². The number of esters is 1. The van der Waals surface area contributed by atoms with Crippen LogP contribution in [-0.4, -0.2) is 26.0 Å². The van der Waals surface area contributed by atoms with Crippen LogP contribution in [0.4, 0.5) is 5.69 Å². The number of nitrogens with zero attached hydrogens (tertiary/aromatic N) is 2. The van der Waals surface area contributed by atoms with E-state index in [-0.39, 0.29) is 0 Å². The fourth-order valence-electron chi connectivity index (χ4n) is 3.00. The van der Waals surface area contributed by atoms with Gasteiger partial charge in [0.1, 0.15) is 0 Å². The molecule has 0 saturated heterocycles. The van der Waals surface area contributed by atoms with Crippen LogP contribution in [0.25, 0.3) is 17.2 Å². The van der Waals surface area contributed by atoms with Crippen LogP contribution in [0.1, 0.15) is 11.1 Å². The average molecular weight is 368 g/mol. The number of ether oxygens (including phenoxy) is 1. The van der Waals surface area contributed by atoms with Gasteiger partial charge < -0.3 is 9.64 Å². The molecule has 0 atom stereocenters. The topological polar surface area (TPSA) is 41.9 Å². The first-order valence-electron chi connectivity index (χ1n) is 9.06. The Morgan fingerprint density at radius 3 is 2.04 bits per heavy atom. The van der Waals surface area contributed by atoms with Crippen molar-refractivity contribution in [3.8, 4) is 11.1 Å². The maximum absolute atomic E-state index is 12.2. The van der Waals surface area contributed by atoms with E-state index >= 15 is 0 Å². The number of cyclic esters (lactones) is 1. The molecule has 0 bridgehead atoms. The maximum Gasteiger partial charge on any atom is 0.363 e. The summed E-state index contributed by atoms with van der Waals surface area (Å²) in [5.41, 5.74) is 5.33. The second kappa shape index (κ2) is 7.53. The maximum atomic E-state index is 12.2. The monoisotopic (exact) mass is 368 g/mol. The van der Waals surface area contributed by atoms with Crippen LogP contribution in [0.3, 0.4) is 0 Å². The van der Waals surface area contributed by atoms with Crippen LogP contribution in [0, 0.1) is 0 Å². The molecule has 0 saturated carbocycles. The number of aliphatic imine (C=N–C) groups is 1. The molecule has 0 spiro atoms. The van der Waals surface area contributed by atoms with E-state index < -0.39 is 5.97 Å². The third kappa shape index (κ3) is 3.71. The minimum Gasteiger partial charge on any atom is -0.402 e. The summed E-state index contributed by atoms with van der Waals surface area (Å²) >= 11 is 0. The van der Waals surface area contributed by atoms with Crippen molar-refractivity contribution in [1.29, 1.82) is 0 Å². The van der Waals surface area contributed by atoms with Crippen molar-refractivity contribution in [3.05, 3.63) is 95.7 Å². The van der Waals surface area contributed by atoms with E-state index in [2.05, 4.69) is 17.1 Å². The highest BCUT2D eigenvalue weighted by Gasteiger charge is 2.24. The Hall–Kier alpha value is -3.66. The molecule has 4 nitrogen and oxygen atoms in total. The second-order valence-electron chi connectivity index (χ2n) is 6.77. The standard InChI is InChI=1S/C24H20N2O2/c1-26(2)21-14-8-17(9-15-21)16-22-24(27)28-23(25-22)20-12-10-19(11-13-20)18-6-4-3-5-7-18/h3-16H,1-2H3/b22-16+. The molecule has 0 amide bonds. The molecular formula is C24H20N2O2. The summed E-state index contributed by atoms with van der Waals surface area (Å²) in [6, 6.07) is 25.9. The summed E-state index contributed by atoms with van der Waals surface area (Å²) in [6.07, 6.45) is 1.74. The molecule has 0 radical (unpaired) electrons. The highest BCUT2D eigenvalue weighted by Crippen LogP contribution is 2.23. The van der Waals surface area contributed by atoms with Crippen molar-refractivity contribution in [2.75, 3.05) is 19.0 Å². The van der Waals surface area contributed by atoms with Gasteiger partial charge in [-0.3, -0.25) is 0 Å². The molecule has 1 aliphatic heterocycles. The molecular weight excluding hydrogens is 348 g/mol. The van der Waals surface area contributed by atoms with Gasteiger partial charge in [-0.25, -0.2) is 9.79 Å². The lowest BCUT2D eigenvalue weighted by molar-refractivity contribution is -0.129. The van der Waals surface area contributed by atoms with Gasteiger partial charge in [-0.15, -0.1) is 0 Å². The second-order valence-corrected chi connectivity index (χ2v) is 6.77. The third-order valence-corrected chi connectivity index (χ3v) is 4.57. The number of hydrogen-bond acceptors (Lipinski definition) is 4. The van der Waals surface area contributed by atoms with E-state index in [9.17, 15) is 4.79 Å². The number of hydrogen-bond donors (Lipinski definition) is 0. The van der Waals surface area contributed by atoms with Crippen molar-refractivity contribution in [3.63, 3.8) is 0 Å². The molecule has 3 aromatic carbocycles. The number of anilines is 1. The van der Waals surface area contributed by atoms with Crippen molar-refractivity contribution in [2.24, 2.45) is 4.99 Å². The fourth-order valence-corrected chi connectivity index (χ4v) is 3.00. The number of carbonyl (C=O) groups is 1. The Labute approximate surface area is 164 Å². The predicted octanol–water partition coefficient (Wildman–Crippen LogP) is 4.76. The lowest BCUT2D eigenvalue weighted by atomic mass is 10.0. The van der Waals surface area contributed by atoms with Crippen molar-refractivity contribution >= 4 is 23.6 Å². The molecule has 1 heterocycles. The van der Waals surface area contributed by atoms with Gasteiger partial charge in [0.2, 0.25) is 5.90 Å². The molecule has 0 unspecified atom stereocenters. The Bertz CT molecular complexity index is 1050. The SMILES string of the molecule is CN(C)c1ccc(/C=C2/N=C(c3ccc(-c4ccccc4)cc3)OC2=O)cc1. The van der Waals surface area contributed by atoms with Crippen LogP contribution in [0.15, 0.2) is 89.6 Å². The Balaban J connectivity index is 1.57. The molecule has 4 rings (SSSR count). The smallest absolute Gasteiger partial charge is 0.363 e. The molecule has 1 aliphatic rings. The van der Waals surface area contributed by atoms with Crippen LogP contribution >= 0.6 is 0 Å². The van der Waals surface area contributed by atoms with E-state index in [4.69, 9.17) is 4.74 Å². The van der Waals surface area contributed by atoms with E-state index in [1.54, 1.807) is 6.08 Å². The zero-order valence-electron chi connectivity index (χ0n) is 15.8. The van der Waals surface area contributed by atoms with Gasteiger partial charge in [-0.05, 0) is 47.0 Å². The molecule has 0 N–H and O–H groups in total. The number of rotatable bonds is 4. The summed E-state index contributed by atoms with van der Waals surface area (Å²) in [6.45, 7) is 0. The van der Waals surface area contributed by atoms with Gasteiger partial charge in [-0.1, -0.05) is 54.6 Å². The van der Waals surface area contributed by atoms with Gasteiger partial charge in [-0.2, -0.15) is 0 Å². The summed E-state index contributed by atoms with van der Waals surface area (Å²) in [7, 11) is 3.98. The fraction of sp³-hybridized carbons (Fsp3) is 0.0833. The summed E-state index contributed by atoms with van der Waals surface area (Å²) in [4.78, 5) is 18.6. The predicted molar refractivity (Wildman–Crippen MR) is 113 cm³/mol. The minimum absolute atomic E-state index is 0.305. The molecule has 138 valence electrons. The van der Waals surface area contributed by atoms with E-state index in [0.717, 1.165) is 27.9 Å². The van der Waals surface area contributed by atoms with Gasteiger partial charge in [0.15, 0.2) is 5.70 Å². The quantitative estimate of drug-likeness (QED) is 0.492. The first-order chi connectivity index (χ1) is 13.6. The minimum atomic E-state index is -0.432. The molecule has 0 fully saturated rings. The van der Waals surface area contributed by atoms with Crippen LogP contribution < -0.4 is 4.90 Å². The van der Waals surface area contributed by atoms with Gasteiger partial charge in [0, 0.05) is 25.3 Å². The van der Waals surface area contributed by atoms with E-state index in [1.807, 2.05) is 85.7 Å². The lowest BCUT2D eigenvalue weighted by Gasteiger charge is -2.11. The summed E-state index contributed by atoms with van der Waals surface area (Å²) < 4.78 is 5.37. The highest BCUT2D eigenvalue weighted by molar-refractivity contribution is 6.13. The molecule has 28 heavy (non-hydrogen) atoms. The zero-order chi connectivity index (χ0) is 19.5. The Morgan fingerprint density at radius 2 is 1.39 bits per heavy atom. The average Bonchev–Trinajstić information content (AvgIpc) is 3.09. The van der Waals surface area contributed by atoms with Gasteiger partial charge in [0.25, 0.3) is 0 Å². The van der Waals surface area contributed by atoms with E-state index in [0.29, 0.717) is 11.6 Å². The summed E-state index contributed by atoms with van der Waals surface area (Å²) in [5, 5.41) is 0. The lowest BCUT2D eigenvalue weighted by Crippen LogP contribution is -2.08. The first-order valence-corrected chi connectivity index (χ1v) is 9.06. The third-order valence-electron chi connectivity index (χ3n) is 4.57. The molecule has 4 heteroatoms. The number of benzene rings is 3. The molecule has 0 aromatic heterocycles. The first kappa shape index (κ1) is 17.7.